The van der Waals surface area contributed by atoms with E-state index in [9.17, 15) is 14.7 Å². The van der Waals surface area contributed by atoms with Gasteiger partial charge in [0.1, 0.15) is 5.78 Å². The van der Waals surface area contributed by atoms with Gasteiger partial charge in [0.05, 0.1) is 25.7 Å². The first-order valence-corrected chi connectivity index (χ1v) is 8.84. The third-order valence-electron chi connectivity index (χ3n) is 4.95. The van der Waals surface area contributed by atoms with Crippen molar-refractivity contribution in [2.45, 2.75) is 71.5 Å². The molecule has 0 aromatic rings. The lowest BCUT2D eigenvalue weighted by molar-refractivity contribution is -0.156. The van der Waals surface area contributed by atoms with Crippen LogP contribution in [0.4, 0.5) is 0 Å². The van der Waals surface area contributed by atoms with Gasteiger partial charge < -0.3 is 14.6 Å². The molecule has 0 amide bonds. The van der Waals surface area contributed by atoms with E-state index >= 15 is 0 Å². The summed E-state index contributed by atoms with van der Waals surface area (Å²) >= 11 is 0. The van der Waals surface area contributed by atoms with Crippen LogP contribution in [-0.4, -0.2) is 43.3 Å². The molecule has 25 heavy (non-hydrogen) atoms. The molecule has 5 heteroatoms. The van der Waals surface area contributed by atoms with E-state index in [1.54, 1.807) is 0 Å². The van der Waals surface area contributed by atoms with E-state index in [-0.39, 0.29) is 25.0 Å². The third kappa shape index (κ3) is 6.40. The number of esters is 1. The molecule has 1 aliphatic carbocycles. The zero-order valence-electron chi connectivity index (χ0n) is 16.1. The van der Waals surface area contributed by atoms with Crippen molar-refractivity contribution in [3.8, 4) is 0 Å². The van der Waals surface area contributed by atoms with E-state index < -0.39 is 23.6 Å². The molecule has 0 saturated heterocycles. The Morgan fingerprint density at radius 1 is 1.28 bits per heavy atom. The molecule has 1 fully saturated rings. The predicted molar refractivity (Wildman–Crippen MR) is 97.1 cm³/mol. The smallest absolute Gasteiger partial charge is 0.306 e. The zero-order valence-corrected chi connectivity index (χ0v) is 16.1. The number of methoxy groups -OCH3 is 2. The second-order valence-electron chi connectivity index (χ2n) is 7.28. The van der Waals surface area contributed by atoms with Crippen molar-refractivity contribution in [2.24, 2.45) is 5.41 Å². The minimum atomic E-state index is -0.903. The van der Waals surface area contributed by atoms with Crippen molar-refractivity contribution in [1.29, 1.82) is 0 Å². The summed E-state index contributed by atoms with van der Waals surface area (Å²) in [6.45, 7) is 6.17. The Morgan fingerprint density at radius 3 is 2.52 bits per heavy atom. The summed E-state index contributed by atoms with van der Waals surface area (Å²) in [5.41, 5.74) is 1.56. The number of ketones is 1. The SMILES string of the molecule is COC(=O)CC1(CC=C(C)CCC=C(C)C)CC(O)C(OC)CC1=O. The zero-order chi connectivity index (χ0) is 19.0. The maximum Gasteiger partial charge on any atom is 0.306 e. The van der Waals surface area contributed by atoms with Gasteiger partial charge in [0, 0.05) is 18.9 Å². The molecule has 0 aromatic carbocycles. The third-order valence-corrected chi connectivity index (χ3v) is 4.95. The van der Waals surface area contributed by atoms with Gasteiger partial charge in [-0.2, -0.15) is 0 Å². The molecule has 1 rings (SSSR count). The summed E-state index contributed by atoms with van der Waals surface area (Å²) in [6.07, 6.45) is 5.60. The van der Waals surface area contributed by atoms with Crippen LogP contribution >= 0.6 is 0 Å². The highest BCUT2D eigenvalue weighted by atomic mass is 16.5. The van der Waals surface area contributed by atoms with Gasteiger partial charge in [0.15, 0.2) is 0 Å². The van der Waals surface area contributed by atoms with Crippen molar-refractivity contribution >= 4 is 11.8 Å². The Balaban J connectivity index is 2.91. The maximum absolute atomic E-state index is 12.8. The van der Waals surface area contributed by atoms with Gasteiger partial charge in [-0.1, -0.05) is 23.3 Å². The molecule has 3 unspecified atom stereocenters. The first-order valence-electron chi connectivity index (χ1n) is 8.84. The number of hydrogen-bond acceptors (Lipinski definition) is 5. The molecule has 1 N–H and O–H groups in total. The van der Waals surface area contributed by atoms with Gasteiger partial charge in [0.25, 0.3) is 0 Å². The Kier molecular flexibility index (Phi) is 8.53. The summed E-state index contributed by atoms with van der Waals surface area (Å²) in [6, 6.07) is 0. The highest BCUT2D eigenvalue weighted by molar-refractivity contribution is 5.90. The van der Waals surface area contributed by atoms with Gasteiger partial charge in [-0.05, 0) is 46.5 Å². The summed E-state index contributed by atoms with van der Waals surface area (Å²) in [5, 5.41) is 10.3. The maximum atomic E-state index is 12.8. The summed E-state index contributed by atoms with van der Waals surface area (Å²) in [5.74, 6) is -0.463. The van der Waals surface area contributed by atoms with Crippen LogP contribution in [0.15, 0.2) is 23.3 Å². The average Bonchev–Trinajstić information content (AvgIpc) is 2.55. The minimum Gasteiger partial charge on any atom is -0.469 e. The standard InChI is InChI=1S/C20H32O5/c1-14(2)7-6-8-15(3)9-10-20(13-19(23)25-5)12-16(21)17(24-4)11-18(20)22/h7,9,16-17,21H,6,8,10-13H2,1-5H3. The van der Waals surface area contributed by atoms with Crippen LogP contribution in [0, 0.1) is 5.41 Å². The van der Waals surface area contributed by atoms with Gasteiger partial charge in [-0.25, -0.2) is 0 Å². The van der Waals surface area contributed by atoms with Crippen LogP contribution in [0.2, 0.25) is 0 Å². The molecule has 0 bridgehead atoms. The van der Waals surface area contributed by atoms with Gasteiger partial charge in [-0.3, -0.25) is 9.59 Å². The number of Topliss-reactive ketones (excluding diaryl/α,β-unsaturated/α-hetero) is 1. The lowest BCUT2D eigenvalue weighted by Gasteiger charge is -2.40. The number of carbonyl (C=O) groups excluding carboxylic acids is 2. The number of rotatable bonds is 8. The largest absolute Gasteiger partial charge is 0.469 e. The molecule has 5 nitrogen and oxygen atoms in total. The number of aliphatic hydroxyl groups excluding tert-OH is 1. The second-order valence-corrected chi connectivity index (χ2v) is 7.28. The van der Waals surface area contributed by atoms with Crippen molar-refractivity contribution in [3.05, 3.63) is 23.3 Å². The van der Waals surface area contributed by atoms with Gasteiger partial charge in [-0.15, -0.1) is 0 Å². The normalized spacial score (nSPS) is 27.1. The van der Waals surface area contributed by atoms with E-state index in [0.717, 1.165) is 12.8 Å². The quantitative estimate of drug-likeness (QED) is 0.536. The van der Waals surface area contributed by atoms with Crippen molar-refractivity contribution < 1.29 is 24.2 Å². The van der Waals surface area contributed by atoms with Crippen LogP contribution in [-0.2, 0) is 19.1 Å². The van der Waals surface area contributed by atoms with Crippen LogP contribution in [0.3, 0.4) is 0 Å². The molecule has 3 atom stereocenters. The topological polar surface area (TPSA) is 72.8 Å². The fourth-order valence-corrected chi connectivity index (χ4v) is 3.27. The van der Waals surface area contributed by atoms with Gasteiger partial charge >= 0.3 is 5.97 Å². The highest BCUT2D eigenvalue weighted by Gasteiger charge is 2.47. The number of aliphatic hydroxyl groups is 1. The van der Waals surface area contributed by atoms with Crippen LogP contribution in [0.1, 0.15) is 59.3 Å². The van der Waals surface area contributed by atoms with Crippen LogP contribution < -0.4 is 0 Å². The lowest BCUT2D eigenvalue weighted by atomic mass is 9.66. The first kappa shape index (κ1) is 21.6. The molecule has 0 heterocycles. The molecule has 0 spiro atoms. The molecule has 0 radical (unpaired) electrons. The molecule has 0 aromatic heterocycles. The van der Waals surface area contributed by atoms with Crippen LogP contribution in [0.5, 0.6) is 0 Å². The van der Waals surface area contributed by atoms with E-state index in [1.165, 1.54) is 25.4 Å². The van der Waals surface area contributed by atoms with E-state index in [2.05, 4.69) is 19.9 Å². The average molecular weight is 352 g/mol. The first-order chi connectivity index (χ1) is 11.7. The number of ether oxygens (including phenoxy) is 2. The monoisotopic (exact) mass is 352 g/mol. The molecule has 0 aliphatic heterocycles. The Morgan fingerprint density at radius 2 is 1.96 bits per heavy atom. The van der Waals surface area contributed by atoms with Crippen molar-refractivity contribution in [3.63, 3.8) is 0 Å². The number of carbonyl (C=O) groups is 2. The summed E-state index contributed by atoms with van der Waals surface area (Å²) < 4.78 is 9.97. The minimum absolute atomic E-state index is 0.00637. The highest BCUT2D eigenvalue weighted by Crippen LogP contribution is 2.41. The van der Waals surface area contributed by atoms with E-state index in [4.69, 9.17) is 9.47 Å². The second kappa shape index (κ2) is 9.88. The summed E-state index contributed by atoms with van der Waals surface area (Å²) in [4.78, 5) is 24.6. The summed E-state index contributed by atoms with van der Waals surface area (Å²) in [7, 11) is 2.81. The number of allylic oxidation sites excluding steroid dienone is 4. The Labute approximate surface area is 151 Å². The molecule has 1 aliphatic rings. The Bertz CT molecular complexity index is 530. The molecule has 142 valence electrons. The number of hydrogen-bond donors (Lipinski definition) is 1. The lowest BCUT2D eigenvalue weighted by Crippen LogP contribution is -2.48. The fraction of sp³-hybridized carbons (Fsp3) is 0.700. The van der Waals surface area contributed by atoms with E-state index in [0.29, 0.717) is 6.42 Å². The van der Waals surface area contributed by atoms with Crippen molar-refractivity contribution in [1.82, 2.24) is 0 Å². The Hall–Kier alpha value is -1.46. The predicted octanol–water partition coefficient (Wildman–Crippen LogP) is 3.36. The van der Waals surface area contributed by atoms with Crippen molar-refractivity contribution in [2.75, 3.05) is 14.2 Å². The van der Waals surface area contributed by atoms with Crippen LogP contribution in [0.25, 0.3) is 0 Å². The molecule has 1 saturated carbocycles. The molecular weight excluding hydrogens is 320 g/mol. The molecular formula is C20H32O5. The van der Waals surface area contributed by atoms with E-state index in [1.807, 2.05) is 13.0 Å². The fourth-order valence-electron chi connectivity index (χ4n) is 3.27. The van der Waals surface area contributed by atoms with Gasteiger partial charge in [0.2, 0.25) is 0 Å².